The molecule has 0 radical (unpaired) electrons. The van der Waals surface area contributed by atoms with E-state index in [1.165, 1.54) is 12.1 Å². The van der Waals surface area contributed by atoms with Gasteiger partial charge in [-0.15, -0.1) is 0 Å². The van der Waals surface area contributed by atoms with Gasteiger partial charge in [-0.2, -0.15) is 0 Å². The summed E-state index contributed by atoms with van der Waals surface area (Å²) in [6.45, 7) is 0.516. The number of aromatic amines is 1. The number of aromatic nitrogens is 2. The Labute approximate surface area is 104 Å². The normalized spacial score (nSPS) is 10.3. The Kier molecular flexibility index (Phi) is 4.06. The minimum atomic E-state index is -0.323. The zero-order valence-electron chi connectivity index (χ0n) is 9.82. The van der Waals surface area contributed by atoms with Crippen LogP contribution >= 0.6 is 0 Å². The number of amides is 1. The van der Waals surface area contributed by atoms with Crippen molar-refractivity contribution in [3.63, 3.8) is 0 Å². The number of nitrogens with zero attached hydrogens (tertiary/aromatic N) is 1. The number of halogens is 1. The smallest absolute Gasteiger partial charge is 0.224 e. The largest absolute Gasteiger partial charge is 0.355 e. The molecule has 2 aromatic rings. The van der Waals surface area contributed by atoms with Gasteiger partial charge < -0.3 is 10.3 Å². The molecule has 0 unspecified atom stereocenters. The second-order valence-corrected chi connectivity index (χ2v) is 3.94. The molecule has 0 atom stereocenters. The first-order valence-electron chi connectivity index (χ1n) is 5.73. The molecule has 2 rings (SSSR count). The lowest BCUT2D eigenvalue weighted by Gasteiger charge is -2.04. The Morgan fingerprint density at radius 3 is 3.06 bits per heavy atom. The minimum absolute atomic E-state index is 0.118. The molecule has 0 spiro atoms. The summed E-state index contributed by atoms with van der Waals surface area (Å²) in [5.41, 5.74) is 0.672. The van der Waals surface area contributed by atoms with Crippen molar-refractivity contribution in [2.75, 3.05) is 6.54 Å². The summed E-state index contributed by atoms with van der Waals surface area (Å²) in [7, 11) is 0. The zero-order chi connectivity index (χ0) is 12.8. The van der Waals surface area contributed by atoms with E-state index in [0.29, 0.717) is 18.5 Å². The summed E-state index contributed by atoms with van der Waals surface area (Å²) in [6.07, 6.45) is 4.26. The van der Waals surface area contributed by atoms with Gasteiger partial charge in [-0.25, -0.2) is 9.37 Å². The number of imidazole rings is 1. The highest BCUT2D eigenvalue weighted by atomic mass is 19.1. The molecule has 5 heteroatoms. The maximum atomic E-state index is 12.9. The molecule has 4 nitrogen and oxygen atoms in total. The number of H-pyrrole nitrogens is 1. The van der Waals surface area contributed by atoms with Crippen molar-refractivity contribution in [1.29, 1.82) is 0 Å². The fourth-order valence-electron chi connectivity index (χ4n) is 1.65. The van der Waals surface area contributed by atoms with Crippen LogP contribution in [-0.2, 0) is 17.6 Å². The van der Waals surface area contributed by atoms with Crippen molar-refractivity contribution in [2.24, 2.45) is 0 Å². The molecule has 0 bridgehead atoms. The number of nitrogens with one attached hydrogen (secondary N) is 2. The summed E-state index contributed by atoms with van der Waals surface area (Å²) < 4.78 is 12.9. The van der Waals surface area contributed by atoms with Crippen LogP contribution in [0.5, 0.6) is 0 Å². The Bertz CT molecular complexity index is 511. The van der Waals surface area contributed by atoms with Crippen molar-refractivity contribution >= 4 is 5.91 Å². The van der Waals surface area contributed by atoms with Gasteiger partial charge in [0, 0.05) is 25.4 Å². The lowest BCUT2D eigenvalue weighted by molar-refractivity contribution is -0.120. The van der Waals surface area contributed by atoms with E-state index in [1.54, 1.807) is 24.5 Å². The topological polar surface area (TPSA) is 57.8 Å². The molecule has 0 aliphatic heterocycles. The molecular formula is C13H14FN3O. The van der Waals surface area contributed by atoms with Crippen LogP contribution in [0.1, 0.15) is 11.4 Å². The van der Waals surface area contributed by atoms with Crippen LogP contribution in [-0.4, -0.2) is 22.4 Å². The first kappa shape index (κ1) is 12.3. The van der Waals surface area contributed by atoms with Crippen molar-refractivity contribution in [3.8, 4) is 0 Å². The Morgan fingerprint density at radius 1 is 1.44 bits per heavy atom. The van der Waals surface area contributed by atoms with E-state index in [2.05, 4.69) is 15.3 Å². The molecule has 0 fully saturated rings. The lowest BCUT2D eigenvalue weighted by atomic mass is 10.1. The summed E-state index contributed by atoms with van der Waals surface area (Å²) >= 11 is 0. The Hall–Kier alpha value is -2.17. The van der Waals surface area contributed by atoms with Gasteiger partial charge in [0.25, 0.3) is 0 Å². The van der Waals surface area contributed by atoms with Crippen molar-refractivity contribution in [2.45, 2.75) is 12.8 Å². The molecule has 0 saturated carbocycles. The summed E-state index contributed by atoms with van der Waals surface area (Å²) in [5, 5.41) is 2.77. The van der Waals surface area contributed by atoms with Crippen molar-refractivity contribution in [1.82, 2.24) is 15.3 Å². The van der Waals surface area contributed by atoms with Gasteiger partial charge in [-0.05, 0) is 17.7 Å². The van der Waals surface area contributed by atoms with Gasteiger partial charge in [0.1, 0.15) is 11.6 Å². The average Bonchev–Trinajstić information content (AvgIpc) is 2.82. The van der Waals surface area contributed by atoms with Crippen LogP contribution in [0.15, 0.2) is 36.7 Å². The molecule has 18 heavy (non-hydrogen) atoms. The van der Waals surface area contributed by atoms with Crippen LogP contribution in [0, 0.1) is 5.82 Å². The molecule has 2 N–H and O–H groups in total. The predicted octanol–water partition coefficient (Wildman–Crippen LogP) is 1.45. The van der Waals surface area contributed by atoms with Crippen LogP contribution in [0.25, 0.3) is 0 Å². The molecule has 0 aliphatic rings. The zero-order valence-corrected chi connectivity index (χ0v) is 9.82. The van der Waals surface area contributed by atoms with Crippen molar-refractivity contribution in [3.05, 3.63) is 53.9 Å². The number of carbonyl (C=O) groups excluding carboxylic acids is 1. The van der Waals surface area contributed by atoms with E-state index in [-0.39, 0.29) is 18.1 Å². The van der Waals surface area contributed by atoms with Gasteiger partial charge in [-0.3, -0.25) is 4.79 Å². The SMILES string of the molecule is O=C(Cc1cccc(F)c1)NCCc1ncc[nH]1. The first-order chi connectivity index (χ1) is 8.74. The quantitative estimate of drug-likeness (QED) is 0.840. The number of rotatable bonds is 5. The van der Waals surface area contributed by atoms with Crippen molar-refractivity contribution < 1.29 is 9.18 Å². The second-order valence-electron chi connectivity index (χ2n) is 3.94. The standard InChI is InChI=1S/C13H14FN3O/c14-11-3-1-2-10(8-11)9-13(18)17-5-4-12-15-6-7-16-12/h1-3,6-8H,4-5,9H2,(H,15,16)(H,17,18). The molecule has 1 amide bonds. The first-order valence-corrected chi connectivity index (χ1v) is 5.73. The molecule has 1 heterocycles. The van der Waals surface area contributed by atoms with Gasteiger partial charge in [0.15, 0.2) is 0 Å². The van der Waals surface area contributed by atoms with Gasteiger partial charge in [0.2, 0.25) is 5.91 Å². The lowest BCUT2D eigenvalue weighted by Crippen LogP contribution is -2.27. The highest BCUT2D eigenvalue weighted by molar-refractivity contribution is 5.78. The molecule has 0 saturated heterocycles. The molecule has 1 aromatic carbocycles. The van der Waals surface area contributed by atoms with E-state index < -0.39 is 0 Å². The van der Waals surface area contributed by atoms with E-state index in [4.69, 9.17) is 0 Å². The van der Waals surface area contributed by atoms with Gasteiger partial charge >= 0.3 is 0 Å². The maximum Gasteiger partial charge on any atom is 0.224 e. The molecule has 1 aromatic heterocycles. The van der Waals surface area contributed by atoms with Crippen LogP contribution < -0.4 is 5.32 Å². The molecule has 0 aliphatic carbocycles. The summed E-state index contributed by atoms with van der Waals surface area (Å²) in [6, 6.07) is 6.06. The van der Waals surface area contributed by atoms with Crippen LogP contribution in [0.2, 0.25) is 0 Å². The minimum Gasteiger partial charge on any atom is -0.355 e. The molecule has 94 valence electrons. The monoisotopic (exact) mass is 247 g/mol. The van der Waals surface area contributed by atoms with Crippen LogP contribution in [0.3, 0.4) is 0 Å². The summed E-state index contributed by atoms with van der Waals surface area (Å²) in [5.74, 6) is 0.393. The number of hydrogen-bond acceptors (Lipinski definition) is 2. The Balaban J connectivity index is 1.75. The second kappa shape index (κ2) is 5.95. The number of hydrogen-bond donors (Lipinski definition) is 2. The third-order valence-corrected chi connectivity index (χ3v) is 2.49. The fraction of sp³-hybridized carbons (Fsp3) is 0.231. The number of carbonyl (C=O) groups is 1. The van der Waals surface area contributed by atoms with Gasteiger partial charge in [0.05, 0.1) is 6.42 Å². The van der Waals surface area contributed by atoms with E-state index >= 15 is 0 Å². The fourth-order valence-corrected chi connectivity index (χ4v) is 1.65. The van der Waals surface area contributed by atoms with E-state index in [1.807, 2.05) is 0 Å². The third-order valence-electron chi connectivity index (χ3n) is 2.49. The highest BCUT2D eigenvalue weighted by Gasteiger charge is 2.04. The maximum absolute atomic E-state index is 12.9. The Morgan fingerprint density at radius 2 is 2.33 bits per heavy atom. The average molecular weight is 247 g/mol. The predicted molar refractivity (Wildman–Crippen MR) is 65.4 cm³/mol. The summed E-state index contributed by atoms with van der Waals surface area (Å²) in [4.78, 5) is 18.6. The van der Waals surface area contributed by atoms with E-state index in [9.17, 15) is 9.18 Å². The van der Waals surface area contributed by atoms with Crippen LogP contribution in [0.4, 0.5) is 4.39 Å². The number of benzene rings is 1. The van der Waals surface area contributed by atoms with Gasteiger partial charge in [-0.1, -0.05) is 12.1 Å². The van der Waals surface area contributed by atoms with E-state index in [0.717, 1.165) is 5.82 Å². The highest BCUT2D eigenvalue weighted by Crippen LogP contribution is 2.04. The third kappa shape index (κ3) is 3.69. The molecular weight excluding hydrogens is 233 g/mol.